The standard InChI is InChI=1S/C25H40N4O5S.ClH/c1-13(2)35-21-20(23(32)27-19-16-7-14-6-15(9-16)10-17(19)8-14)34-29-24(21)33-12-25(3,4)28-22(31)18(11-30)26-5;/h13-19,26,30H,6-12H2,1-5H3,(H,27,32)(H,28,31);1H/t14?,15?,16?,17?,18-,19?;/m0./s1. The lowest BCUT2D eigenvalue weighted by molar-refractivity contribution is -0.125. The first kappa shape index (κ1) is 29.1. The maximum atomic E-state index is 13.3. The third-order valence-corrected chi connectivity index (χ3v) is 8.65. The van der Waals surface area contributed by atoms with Crippen molar-refractivity contribution >= 4 is 36.0 Å². The van der Waals surface area contributed by atoms with Crippen LogP contribution in [0.4, 0.5) is 0 Å². The van der Waals surface area contributed by atoms with Gasteiger partial charge in [0.05, 0.1) is 12.1 Å². The molecule has 1 atom stereocenters. The van der Waals surface area contributed by atoms with Gasteiger partial charge in [-0.3, -0.25) is 9.59 Å². The number of hydrogen-bond acceptors (Lipinski definition) is 8. The van der Waals surface area contributed by atoms with Crippen molar-refractivity contribution in [2.75, 3.05) is 20.3 Å². The second kappa shape index (κ2) is 11.9. The van der Waals surface area contributed by atoms with Gasteiger partial charge in [-0.15, -0.1) is 24.2 Å². The number of nitrogens with one attached hydrogen (secondary N) is 3. The van der Waals surface area contributed by atoms with Crippen LogP contribution >= 0.6 is 24.2 Å². The third kappa shape index (κ3) is 6.49. The summed E-state index contributed by atoms with van der Waals surface area (Å²) in [5.41, 5.74) is -0.733. The van der Waals surface area contributed by atoms with E-state index in [0.717, 1.165) is 11.8 Å². The summed E-state index contributed by atoms with van der Waals surface area (Å²) >= 11 is 1.48. The third-order valence-electron chi connectivity index (χ3n) is 7.58. The second-order valence-corrected chi connectivity index (χ2v) is 13.0. The minimum absolute atomic E-state index is 0. The van der Waals surface area contributed by atoms with Gasteiger partial charge >= 0.3 is 0 Å². The zero-order valence-electron chi connectivity index (χ0n) is 21.8. The number of carbonyl (C=O) groups is 2. The number of aliphatic hydroxyl groups excluding tert-OH is 1. The fraction of sp³-hybridized carbons (Fsp3) is 0.800. The number of nitrogens with zero attached hydrogens (tertiary/aromatic N) is 1. The van der Waals surface area contributed by atoms with Crippen LogP contribution in [-0.4, -0.2) is 65.2 Å². The van der Waals surface area contributed by atoms with E-state index in [1.165, 1.54) is 43.9 Å². The Morgan fingerprint density at radius 1 is 1.17 bits per heavy atom. The number of halogens is 1. The topological polar surface area (TPSA) is 126 Å². The van der Waals surface area contributed by atoms with Gasteiger partial charge in [-0.25, -0.2) is 0 Å². The average Bonchev–Trinajstić information content (AvgIpc) is 3.16. The van der Waals surface area contributed by atoms with Gasteiger partial charge in [-0.1, -0.05) is 13.8 Å². The monoisotopic (exact) mass is 544 g/mol. The number of ether oxygens (including phenoxy) is 1. The number of likely N-dealkylation sites (N-methyl/N-ethyl adjacent to an activating group) is 1. The molecule has 5 rings (SSSR count). The summed E-state index contributed by atoms with van der Waals surface area (Å²) in [6.45, 7) is 7.54. The Hall–Kier alpha value is -1.49. The molecule has 1 aromatic heterocycles. The molecular formula is C25H41ClN4O5S. The predicted molar refractivity (Wildman–Crippen MR) is 141 cm³/mol. The number of rotatable bonds is 11. The maximum Gasteiger partial charge on any atom is 0.291 e. The zero-order chi connectivity index (χ0) is 25.3. The number of aliphatic hydroxyl groups is 1. The second-order valence-electron chi connectivity index (χ2n) is 11.4. The van der Waals surface area contributed by atoms with Crippen molar-refractivity contribution in [3.63, 3.8) is 0 Å². The molecule has 0 aromatic carbocycles. The molecule has 1 aromatic rings. The highest BCUT2D eigenvalue weighted by molar-refractivity contribution is 8.00. The molecule has 1 heterocycles. The van der Waals surface area contributed by atoms with E-state index in [1.807, 2.05) is 27.7 Å². The predicted octanol–water partition coefficient (Wildman–Crippen LogP) is 3.01. The number of hydrogen-bond donors (Lipinski definition) is 4. The van der Waals surface area contributed by atoms with E-state index in [2.05, 4.69) is 21.1 Å². The molecule has 4 bridgehead atoms. The smallest absolute Gasteiger partial charge is 0.291 e. The zero-order valence-corrected chi connectivity index (χ0v) is 23.5. The molecular weight excluding hydrogens is 504 g/mol. The highest BCUT2D eigenvalue weighted by atomic mass is 35.5. The Labute approximate surface area is 224 Å². The molecule has 204 valence electrons. The summed E-state index contributed by atoms with van der Waals surface area (Å²) in [5, 5.41) is 22.6. The van der Waals surface area contributed by atoms with Crippen molar-refractivity contribution in [2.24, 2.45) is 23.7 Å². The normalized spacial score (nSPS) is 27.5. The molecule has 4 saturated carbocycles. The highest BCUT2D eigenvalue weighted by Crippen LogP contribution is 2.53. The van der Waals surface area contributed by atoms with E-state index in [4.69, 9.17) is 9.26 Å². The van der Waals surface area contributed by atoms with Gasteiger partial charge in [0, 0.05) is 11.3 Å². The van der Waals surface area contributed by atoms with Crippen molar-refractivity contribution < 1.29 is 24.0 Å². The molecule has 0 aliphatic heterocycles. The Kier molecular flexibility index (Phi) is 9.63. The van der Waals surface area contributed by atoms with Crippen LogP contribution in [0.15, 0.2) is 9.42 Å². The van der Waals surface area contributed by atoms with Gasteiger partial charge in [-0.2, -0.15) is 0 Å². The summed E-state index contributed by atoms with van der Waals surface area (Å²) in [6.07, 6.45) is 6.27. The van der Waals surface area contributed by atoms with Crippen LogP contribution in [0, 0.1) is 23.7 Å². The molecule has 0 radical (unpaired) electrons. The van der Waals surface area contributed by atoms with E-state index in [0.29, 0.717) is 16.7 Å². The van der Waals surface area contributed by atoms with E-state index in [-0.39, 0.29) is 60.4 Å². The van der Waals surface area contributed by atoms with E-state index >= 15 is 0 Å². The van der Waals surface area contributed by atoms with Crippen LogP contribution in [0.1, 0.15) is 70.4 Å². The first-order chi connectivity index (χ1) is 16.6. The quantitative estimate of drug-likeness (QED) is 0.313. The largest absolute Gasteiger partial charge is 0.472 e. The van der Waals surface area contributed by atoms with Gasteiger partial charge in [0.25, 0.3) is 11.8 Å². The Balaban J connectivity index is 0.00000361. The fourth-order valence-corrected chi connectivity index (χ4v) is 7.14. The molecule has 9 nitrogen and oxygen atoms in total. The lowest BCUT2D eigenvalue weighted by atomic mass is 9.54. The van der Waals surface area contributed by atoms with Crippen molar-refractivity contribution in [3.05, 3.63) is 5.76 Å². The molecule has 0 unspecified atom stereocenters. The molecule has 4 aliphatic rings. The molecule has 0 saturated heterocycles. The first-order valence-electron chi connectivity index (χ1n) is 12.8. The van der Waals surface area contributed by atoms with Crippen molar-refractivity contribution in [2.45, 2.75) is 87.6 Å². The Morgan fingerprint density at radius 2 is 1.78 bits per heavy atom. The fourth-order valence-electron chi connectivity index (χ4n) is 6.23. The lowest BCUT2D eigenvalue weighted by Crippen LogP contribution is -2.55. The van der Waals surface area contributed by atoms with E-state index in [1.54, 1.807) is 7.05 Å². The maximum absolute atomic E-state index is 13.3. The summed E-state index contributed by atoms with van der Waals surface area (Å²) in [7, 11) is 1.62. The van der Waals surface area contributed by atoms with Gasteiger partial charge in [0.15, 0.2) is 0 Å². The molecule has 0 spiro atoms. The van der Waals surface area contributed by atoms with Crippen molar-refractivity contribution in [3.8, 4) is 5.88 Å². The highest BCUT2D eigenvalue weighted by Gasteiger charge is 2.49. The minimum atomic E-state index is -0.733. The lowest BCUT2D eigenvalue weighted by Gasteiger charge is -2.54. The minimum Gasteiger partial charge on any atom is -0.472 e. The molecule has 4 N–H and O–H groups in total. The summed E-state index contributed by atoms with van der Waals surface area (Å²) in [4.78, 5) is 26.3. The van der Waals surface area contributed by atoms with E-state index in [9.17, 15) is 14.7 Å². The van der Waals surface area contributed by atoms with Crippen LogP contribution < -0.4 is 20.7 Å². The van der Waals surface area contributed by atoms with Gasteiger partial charge in [0.2, 0.25) is 11.7 Å². The molecule has 2 amide bonds. The van der Waals surface area contributed by atoms with Crippen molar-refractivity contribution in [1.82, 2.24) is 21.1 Å². The van der Waals surface area contributed by atoms with Crippen LogP contribution in [0.5, 0.6) is 5.88 Å². The van der Waals surface area contributed by atoms with Crippen LogP contribution in [0.3, 0.4) is 0 Å². The van der Waals surface area contributed by atoms with Crippen molar-refractivity contribution in [1.29, 1.82) is 0 Å². The average molecular weight is 545 g/mol. The van der Waals surface area contributed by atoms with Crippen LogP contribution in [0.25, 0.3) is 0 Å². The van der Waals surface area contributed by atoms with Gasteiger partial charge < -0.3 is 30.3 Å². The Morgan fingerprint density at radius 3 is 2.31 bits per heavy atom. The number of thioether (sulfide) groups is 1. The SMILES string of the molecule is CN[C@@H](CO)C(=O)NC(C)(C)COc1noc(C(=O)NC2C3CC4CC(C3)CC2C4)c1SC(C)C.Cl. The number of amides is 2. The molecule has 36 heavy (non-hydrogen) atoms. The molecule has 4 aliphatic carbocycles. The summed E-state index contributed by atoms with van der Waals surface area (Å²) in [5.74, 6) is 2.73. The Bertz CT molecular complexity index is 892. The van der Waals surface area contributed by atoms with Crippen LogP contribution in [0.2, 0.25) is 0 Å². The van der Waals surface area contributed by atoms with Gasteiger partial charge in [-0.05, 0) is 81.8 Å². The molecule has 11 heteroatoms. The molecule has 4 fully saturated rings. The summed E-state index contributed by atoms with van der Waals surface area (Å²) in [6, 6.07) is -0.490. The number of aromatic nitrogens is 1. The van der Waals surface area contributed by atoms with Gasteiger partial charge in [0.1, 0.15) is 17.5 Å². The first-order valence-corrected chi connectivity index (χ1v) is 13.7. The summed E-state index contributed by atoms with van der Waals surface area (Å²) < 4.78 is 11.5. The number of carbonyl (C=O) groups excluding carboxylic acids is 2. The van der Waals surface area contributed by atoms with E-state index < -0.39 is 11.6 Å². The van der Waals surface area contributed by atoms with Crippen LogP contribution in [-0.2, 0) is 4.79 Å².